The van der Waals surface area contributed by atoms with Crippen LogP contribution in [0.25, 0.3) is 0 Å². The lowest BCUT2D eigenvalue weighted by Gasteiger charge is -2.26. The molecule has 0 aliphatic carbocycles. The number of nitrogens with two attached hydrogens (primary N) is 1. The van der Waals surface area contributed by atoms with Crippen molar-refractivity contribution in [3.8, 4) is 0 Å². The molecule has 2 N–H and O–H groups in total. The topological polar surface area (TPSA) is 54.0 Å². The van der Waals surface area contributed by atoms with Gasteiger partial charge in [-0.3, -0.25) is 4.90 Å². The van der Waals surface area contributed by atoms with E-state index in [0.717, 1.165) is 31.0 Å². The first-order valence-corrected chi connectivity index (χ1v) is 10.9. The summed E-state index contributed by atoms with van der Waals surface area (Å²) >= 11 is 3.53. The predicted octanol–water partition coefficient (Wildman–Crippen LogP) is 3.82. The van der Waals surface area contributed by atoms with Crippen molar-refractivity contribution in [2.75, 3.05) is 24.6 Å². The zero-order valence-corrected chi connectivity index (χ0v) is 16.4. The standard InChI is InChI=1S/C20H24N4S2/c21-20(26-16-17-6-2-1-3-7-17)23-22-14-18-8-4-5-9-19(18)15-24-10-12-25-13-11-24/h1-9,14H,10-13,15-16H2,(H2,21,23). The molecule has 0 radical (unpaired) electrons. The Morgan fingerprint density at radius 2 is 1.81 bits per heavy atom. The van der Waals surface area contributed by atoms with Crippen molar-refractivity contribution in [2.45, 2.75) is 12.3 Å². The highest BCUT2D eigenvalue weighted by atomic mass is 32.2. The van der Waals surface area contributed by atoms with Crippen molar-refractivity contribution in [1.82, 2.24) is 4.90 Å². The van der Waals surface area contributed by atoms with Crippen molar-refractivity contribution in [2.24, 2.45) is 15.9 Å². The van der Waals surface area contributed by atoms with E-state index in [2.05, 4.69) is 45.4 Å². The van der Waals surface area contributed by atoms with Gasteiger partial charge in [-0.05, 0) is 16.7 Å². The minimum atomic E-state index is 0.482. The van der Waals surface area contributed by atoms with Gasteiger partial charge in [-0.2, -0.15) is 16.9 Å². The number of thioether (sulfide) groups is 2. The molecule has 0 atom stereocenters. The fourth-order valence-corrected chi connectivity index (χ4v) is 4.30. The van der Waals surface area contributed by atoms with E-state index in [9.17, 15) is 0 Å². The van der Waals surface area contributed by atoms with E-state index in [1.165, 1.54) is 34.4 Å². The average Bonchev–Trinajstić information content (AvgIpc) is 2.69. The molecule has 3 rings (SSSR count). The lowest BCUT2D eigenvalue weighted by atomic mass is 10.1. The summed E-state index contributed by atoms with van der Waals surface area (Å²) in [7, 11) is 0. The summed E-state index contributed by atoms with van der Waals surface area (Å²) in [5, 5.41) is 8.82. The molecule has 1 aliphatic rings. The summed E-state index contributed by atoms with van der Waals surface area (Å²) in [6.07, 6.45) is 1.81. The van der Waals surface area contributed by atoms with Gasteiger partial charge in [-0.25, -0.2) is 0 Å². The molecule has 1 aliphatic heterocycles. The maximum Gasteiger partial charge on any atom is 0.180 e. The molecule has 6 heteroatoms. The maximum atomic E-state index is 5.96. The summed E-state index contributed by atoms with van der Waals surface area (Å²) < 4.78 is 0. The highest BCUT2D eigenvalue weighted by Crippen LogP contribution is 2.15. The third-order valence-corrected chi connectivity index (χ3v) is 5.93. The Kier molecular flexibility index (Phi) is 7.61. The quantitative estimate of drug-likeness (QED) is 0.467. The second-order valence-corrected chi connectivity index (χ2v) is 8.26. The zero-order chi connectivity index (χ0) is 18.0. The highest BCUT2D eigenvalue weighted by molar-refractivity contribution is 8.13. The van der Waals surface area contributed by atoms with Gasteiger partial charge >= 0.3 is 0 Å². The maximum absolute atomic E-state index is 5.96. The fraction of sp³-hybridized carbons (Fsp3) is 0.300. The molecular weight excluding hydrogens is 360 g/mol. The molecule has 2 aromatic rings. The van der Waals surface area contributed by atoms with Gasteiger partial charge in [-0.1, -0.05) is 66.4 Å². The van der Waals surface area contributed by atoms with E-state index >= 15 is 0 Å². The second kappa shape index (κ2) is 10.4. The van der Waals surface area contributed by atoms with Crippen LogP contribution in [0.2, 0.25) is 0 Å². The third kappa shape index (κ3) is 6.20. The Labute approximate surface area is 164 Å². The van der Waals surface area contributed by atoms with E-state index < -0.39 is 0 Å². The largest absolute Gasteiger partial charge is 0.377 e. The van der Waals surface area contributed by atoms with Crippen LogP contribution < -0.4 is 5.73 Å². The van der Waals surface area contributed by atoms with Crippen molar-refractivity contribution < 1.29 is 0 Å². The Balaban J connectivity index is 1.57. The number of hydrogen-bond acceptors (Lipinski definition) is 5. The Bertz CT molecular complexity index is 740. The predicted molar refractivity (Wildman–Crippen MR) is 116 cm³/mol. The van der Waals surface area contributed by atoms with Crippen LogP contribution in [0.15, 0.2) is 64.8 Å². The number of amidine groups is 1. The van der Waals surface area contributed by atoms with Crippen LogP contribution in [-0.2, 0) is 12.3 Å². The van der Waals surface area contributed by atoms with E-state index in [4.69, 9.17) is 5.73 Å². The van der Waals surface area contributed by atoms with E-state index in [1.54, 1.807) is 0 Å². The Hall–Kier alpha value is -1.76. The lowest BCUT2D eigenvalue weighted by molar-refractivity contribution is 0.294. The first-order chi connectivity index (χ1) is 12.8. The van der Waals surface area contributed by atoms with Crippen LogP contribution in [0.3, 0.4) is 0 Å². The normalized spacial score (nSPS) is 16.2. The van der Waals surface area contributed by atoms with Crippen molar-refractivity contribution in [1.29, 1.82) is 0 Å². The summed E-state index contributed by atoms with van der Waals surface area (Å²) in [4.78, 5) is 2.50. The Morgan fingerprint density at radius 1 is 1.08 bits per heavy atom. The summed E-state index contributed by atoms with van der Waals surface area (Å²) in [6.45, 7) is 3.26. The SMILES string of the molecule is NC(=NN=Cc1ccccc1CN1CCSCC1)SCc1ccccc1. The van der Waals surface area contributed by atoms with Crippen molar-refractivity contribution in [3.05, 3.63) is 71.3 Å². The summed E-state index contributed by atoms with van der Waals surface area (Å²) in [5.74, 6) is 3.24. The molecule has 0 amide bonds. The van der Waals surface area contributed by atoms with Crippen LogP contribution in [0, 0.1) is 0 Å². The number of hydrogen-bond donors (Lipinski definition) is 1. The number of rotatable bonds is 6. The van der Waals surface area contributed by atoms with Crippen molar-refractivity contribution in [3.63, 3.8) is 0 Å². The molecule has 1 fully saturated rings. The summed E-state index contributed by atoms with van der Waals surface area (Å²) in [6, 6.07) is 18.6. The van der Waals surface area contributed by atoms with Crippen molar-refractivity contribution >= 4 is 34.9 Å². The number of nitrogens with zero attached hydrogens (tertiary/aromatic N) is 3. The van der Waals surface area contributed by atoms with Gasteiger partial charge in [0.25, 0.3) is 0 Å². The zero-order valence-electron chi connectivity index (χ0n) is 14.8. The molecule has 2 aromatic carbocycles. The first kappa shape index (κ1) is 19.0. The highest BCUT2D eigenvalue weighted by Gasteiger charge is 2.11. The van der Waals surface area contributed by atoms with Gasteiger partial charge in [0.1, 0.15) is 0 Å². The van der Waals surface area contributed by atoms with Gasteiger partial charge in [0.15, 0.2) is 5.17 Å². The molecule has 4 nitrogen and oxygen atoms in total. The smallest absolute Gasteiger partial charge is 0.180 e. The van der Waals surface area contributed by atoms with Crippen LogP contribution in [0.1, 0.15) is 16.7 Å². The molecule has 136 valence electrons. The van der Waals surface area contributed by atoms with Gasteiger partial charge < -0.3 is 5.73 Å². The van der Waals surface area contributed by atoms with Crippen LogP contribution in [0.5, 0.6) is 0 Å². The molecule has 1 heterocycles. The van der Waals surface area contributed by atoms with Crippen LogP contribution >= 0.6 is 23.5 Å². The van der Waals surface area contributed by atoms with Gasteiger partial charge in [-0.15, -0.1) is 5.10 Å². The van der Waals surface area contributed by atoms with E-state index in [0.29, 0.717) is 5.17 Å². The first-order valence-electron chi connectivity index (χ1n) is 8.72. The molecule has 0 saturated carbocycles. The van der Waals surface area contributed by atoms with E-state index in [-0.39, 0.29) is 0 Å². The minimum Gasteiger partial charge on any atom is -0.377 e. The molecule has 0 unspecified atom stereocenters. The van der Waals surface area contributed by atoms with Gasteiger partial charge in [0.2, 0.25) is 0 Å². The minimum absolute atomic E-state index is 0.482. The molecule has 26 heavy (non-hydrogen) atoms. The molecular formula is C20H24N4S2. The summed E-state index contributed by atoms with van der Waals surface area (Å²) in [5.41, 5.74) is 9.58. The van der Waals surface area contributed by atoms with Gasteiger partial charge in [0, 0.05) is 36.9 Å². The van der Waals surface area contributed by atoms with Crippen LogP contribution in [0.4, 0.5) is 0 Å². The third-order valence-electron chi connectivity index (χ3n) is 4.14. The van der Waals surface area contributed by atoms with Crippen LogP contribution in [-0.4, -0.2) is 40.9 Å². The fourth-order valence-electron chi connectivity index (χ4n) is 2.71. The number of benzene rings is 2. The van der Waals surface area contributed by atoms with Gasteiger partial charge in [0.05, 0.1) is 6.21 Å². The molecule has 1 saturated heterocycles. The Morgan fingerprint density at radius 3 is 2.62 bits per heavy atom. The lowest BCUT2D eigenvalue weighted by Crippen LogP contribution is -2.32. The molecule has 0 aromatic heterocycles. The molecule has 0 spiro atoms. The average molecular weight is 385 g/mol. The molecule has 0 bridgehead atoms. The monoisotopic (exact) mass is 384 g/mol. The van der Waals surface area contributed by atoms with E-state index in [1.807, 2.05) is 42.2 Å². The second-order valence-electron chi connectivity index (χ2n) is 6.04.